The van der Waals surface area contributed by atoms with E-state index in [9.17, 15) is 9.18 Å². The molecule has 1 saturated heterocycles. The number of halogens is 1. The number of nitrogens with zero attached hydrogens (tertiary/aromatic N) is 5. The van der Waals surface area contributed by atoms with Crippen LogP contribution in [0.2, 0.25) is 0 Å². The van der Waals surface area contributed by atoms with Crippen molar-refractivity contribution < 1.29 is 9.18 Å². The molecule has 4 rings (SSSR count). The molecule has 1 amide bonds. The summed E-state index contributed by atoms with van der Waals surface area (Å²) in [5.74, 6) is -0.692. The maximum absolute atomic E-state index is 14.4. The van der Waals surface area contributed by atoms with Crippen LogP contribution in [0.1, 0.15) is 12.8 Å². The van der Waals surface area contributed by atoms with E-state index in [1.165, 1.54) is 23.4 Å². The second-order valence-corrected chi connectivity index (χ2v) is 6.19. The molecule has 0 radical (unpaired) electrons. The molecule has 1 aromatic carbocycles. The van der Waals surface area contributed by atoms with Crippen LogP contribution in [0.5, 0.6) is 0 Å². The number of aromatic nitrogens is 5. The quantitative estimate of drug-likeness (QED) is 0.737. The van der Waals surface area contributed by atoms with Crippen LogP contribution in [0, 0.1) is 5.82 Å². The Hall–Kier alpha value is -3.07. The number of anilines is 1. The Kier molecular flexibility index (Phi) is 4.21. The van der Waals surface area contributed by atoms with E-state index in [0.29, 0.717) is 31.6 Å². The molecular weight excluding hydrogens is 337 g/mol. The average molecular weight is 355 g/mol. The van der Waals surface area contributed by atoms with Gasteiger partial charge in [0.05, 0.1) is 0 Å². The molecule has 3 aromatic rings. The van der Waals surface area contributed by atoms with Gasteiger partial charge in [0.2, 0.25) is 0 Å². The topological polar surface area (TPSA) is 89.7 Å². The third-order valence-corrected chi connectivity index (χ3v) is 4.67. The summed E-state index contributed by atoms with van der Waals surface area (Å²) < 4.78 is 17.4. The fraction of sp³-hybridized carbons (Fsp3) is 0.294. The van der Waals surface area contributed by atoms with Gasteiger partial charge >= 0.3 is 0 Å². The molecule has 2 N–H and O–H groups in total. The van der Waals surface area contributed by atoms with Crippen molar-refractivity contribution in [2.75, 3.05) is 18.4 Å². The highest BCUT2D eigenvalue weighted by Gasteiger charge is 2.42. The lowest BCUT2D eigenvalue weighted by molar-refractivity contribution is -0.126. The SMILES string of the molecule is O=C(Nc1ccc(-n2cncn2)c(F)c1)C1(n2cccn2)CCNCC1. The summed E-state index contributed by atoms with van der Waals surface area (Å²) in [6.45, 7) is 1.43. The highest BCUT2D eigenvalue weighted by atomic mass is 19.1. The smallest absolute Gasteiger partial charge is 0.252 e. The molecule has 1 aliphatic heterocycles. The van der Waals surface area contributed by atoms with Crippen LogP contribution in [-0.4, -0.2) is 43.5 Å². The first-order valence-electron chi connectivity index (χ1n) is 8.36. The number of benzene rings is 1. The molecular formula is C17H18FN7O. The summed E-state index contributed by atoms with van der Waals surface area (Å²) in [5, 5.41) is 14.3. The van der Waals surface area contributed by atoms with Crippen molar-refractivity contribution in [1.29, 1.82) is 0 Å². The fourth-order valence-electron chi connectivity index (χ4n) is 3.27. The maximum Gasteiger partial charge on any atom is 0.252 e. The average Bonchev–Trinajstić information content (AvgIpc) is 3.36. The minimum Gasteiger partial charge on any atom is -0.324 e. The summed E-state index contributed by atoms with van der Waals surface area (Å²) in [4.78, 5) is 16.9. The second-order valence-electron chi connectivity index (χ2n) is 6.19. The van der Waals surface area contributed by atoms with Crippen LogP contribution >= 0.6 is 0 Å². The van der Waals surface area contributed by atoms with Crippen molar-refractivity contribution in [2.45, 2.75) is 18.4 Å². The van der Waals surface area contributed by atoms with Gasteiger partial charge in [0, 0.05) is 18.1 Å². The van der Waals surface area contributed by atoms with E-state index in [-0.39, 0.29) is 11.6 Å². The van der Waals surface area contributed by atoms with E-state index in [2.05, 4.69) is 25.8 Å². The Bertz CT molecular complexity index is 886. The molecule has 0 unspecified atom stereocenters. The van der Waals surface area contributed by atoms with Gasteiger partial charge in [-0.3, -0.25) is 9.48 Å². The fourth-order valence-corrected chi connectivity index (χ4v) is 3.27. The van der Waals surface area contributed by atoms with Crippen LogP contribution in [0.15, 0.2) is 49.3 Å². The number of hydrogen-bond acceptors (Lipinski definition) is 5. The Morgan fingerprint density at radius 3 is 2.77 bits per heavy atom. The predicted octanol–water partition coefficient (Wildman–Crippen LogP) is 1.32. The van der Waals surface area contributed by atoms with Crippen LogP contribution in [0.4, 0.5) is 10.1 Å². The second kappa shape index (κ2) is 6.68. The molecule has 0 atom stereocenters. The highest BCUT2D eigenvalue weighted by molar-refractivity contribution is 5.96. The predicted molar refractivity (Wildman–Crippen MR) is 92.3 cm³/mol. The zero-order valence-corrected chi connectivity index (χ0v) is 14.0. The molecule has 0 spiro atoms. The van der Waals surface area contributed by atoms with Crippen molar-refractivity contribution in [2.24, 2.45) is 0 Å². The molecule has 0 bridgehead atoms. The van der Waals surface area contributed by atoms with Crippen molar-refractivity contribution >= 4 is 11.6 Å². The zero-order chi connectivity index (χ0) is 18.0. The third-order valence-electron chi connectivity index (χ3n) is 4.67. The Morgan fingerprint density at radius 2 is 2.12 bits per heavy atom. The van der Waals surface area contributed by atoms with Gasteiger partial charge < -0.3 is 10.6 Å². The van der Waals surface area contributed by atoms with E-state index in [4.69, 9.17) is 0 Å². The zero-order valence-electron chi connectivity index (χ0n) is 14.0. The van der Waals surface area contributed by atoms with Gasteiger partial charge in [-0.2, -0.15) is 10.2 Å². The Balaban J connectivity index is 1.60. The number of carbonyl (C=O) groups excluding carboxylic acids is 1. The number of carbonyl (C=O) groups is 1. The van der Waals surface area contributed by atoms with Gasteiger partial charge in [-0.25, -0.2) is 14.1 Å². The van der Waals surface area contributed by atoms with E-state index in [1.54, 1.807) is 35.3 Å². The molecule has 0 aliphatic carbocycles. The first-order valence-corrected chi connectivity index (χ1v) is 8.36. The molecule has 3 heterocycles. The van der Waals surface area contributed by atoms with Gasteiger partial charge in [0.25, 0.3) is 5.91 Å². The van der Waals surface area contributed by atoms with Gasteiger partial charge in [-0.1, -0.05) is 0 Å². The number of hydrogen-bond donors (Lipinski definition) is 2. The lowest BCUT2D eigenvalue weighted by atomic mass is 9.87. The van der Waals surface area contributed by atoms with Crippen molar-refractivity contribution in [3.63, 3.8) is 0 Å². The van der Waals surface area contributed by atoms with E-state index >= 15 is 0 Å². The molecule has 0 saturated carbocycles. The first-order chi connectivity index (χ1) is 12.7. The molecule has 8 nitrogen and oxygen atoms in total. The summed E-state index contributed by atoms with van der Waals surface area (Å²) in [5.41, 5.74) is -0.124. The molecule has 26 heavy (non-hydrogen) atoms. The molecule has 2 aromatic heterocycles. The van der Waals surface area contributed by atoms with Crippen LogP contribution in [0.25, 0.3) is 5.69 Å². The standard InChI is InChI=1S/C17H18FN7O/c18-14-10-13(2-3-15(14)24-12-20-11-22-24)23-16(26)17(4-7-19-8-5-17)25-9-1-6-21-25/h1-3,6,9-12,19H,4-5,7-8H2,(H,23,26). The molecule has 1 aliphatic rings. The monoisotopic (exact) mass is 355 g/mol. The summed E-state index contributed by atoms with van der Waals surface area (Å²) in [6, 6.07) is 6.29. The lowest BCUT2D eigenvalue weighted by Crippen LogP contribution is -2.52. The van der Waals surface area contributed by atoms with Gasteiger partial charge in [-0.05, 0) is 50.2 Å². The van der Waals surface area contributed by atoms with Gasteiger partial charge in [0.1, 0.15) is 23.9 Å². The van der Waals surface area contributed by atoms with Crippen LogP contribution in [-0.2, 0) is 10.3 Å². The minimum absolute atomic E-state index is 0.199. The number of rotatable bonds is 4. The number of amides is 1. The minimum atomic E-state index is -0.782. The normalized spacial score (nSPS) is 16.3. The van der Waals surface area contributed by atoms with Crippen LogP contribution in [0.3, 0.4) is 0 Å². The molecule has 9 heteroatoms. The molecule has 1 fully saturated rings. The van der Waals surface area contributed by atoms with E-state index in [1.807, 2.05) is 0 Å². The Morgan fingerprint density at radius 1 is 1.27 bits per heavy atom. The number of piperidine rings is 1. The highest BCUT2D eigenvalue weighted by Crippen LogP contribution is 2.29. The summed E-state index contributed by atoms with van der Waals surface area (Å²) in [6.07, 6.45) is 7.42. The summed E-state index contributed by atoms with van der Waals surface area (Å²) in [7, 11) is 0. The third kappa shape index (κ3) is 2.86. The van der Waals surface area contributed by atoms with Crippen molar-refractivity contribution in [1.82, 2.24) is 29.9 Å². The van der Waals surface area contributed by atoms with E-state index < -0.39 is 11.4 Å². The molecule has 134 valence electrons. The first kappa shape index (κ1) is 16.4. The van der Waals surface area contributed by atoms with Crippen molar-refractivity contribution in [3.05, 3.63) is 55.1 Å². The Labute approximate surface area is 149 Å². The largest absolute Gasteiger partial charge is 0.324 e. The van der Waals surface area contributed by atoms with Crippen molar-refractivity contribution in [3.8, 4) is 5.69 Å². The van der Waals surface area contributed by atoms with Gasteiger partial charge in [0.15, 0.2) is 5.82 Å². The van der Waals surface area contributed by atoms with Crippen LogP contribution < -0.4 is 10.6 Å². The van der Waals surface area contributed by atoms with Gasteiger partial charge in [-0.15, -0.1) is 0 Å². The maximum atomic E-state index is 14.4. The van der Waals surface area contributed by atoms with E-state index in [0.717, 1.165) is 0 Å². The lowest BCUT2D eigenvalue weighted by Gasteiger charge is -2.36. The summed E-state index contributed by atoms with van der Waals surface area (Å²) >= 11 is 0. The number of nitrogens with one attached hydrogen (secondary N) is 2.